The third-order valence-corrected chi connectivity index (χ3v) is 9.96. The average Bonchev–Trinajstić information content (AvgIpc) is 2.80. The summed E-state index contributed by atoms with van der Waals surface area (Å²) in [6.07, 6.45) is 0.855. The van der Waals surface area contributed by atoms with E-state index in [4.69, 9.17) is 16.3 Å². The highest BCUT2D eigenvalue weighted by Gasteiger charge is 2.45. The summed E-state index contributed by atoms with van der Waals surface area (Å²) in [6, 6.07) is 38.6. The van der Waals surface area contributed by atoms with Gasteiger partial charge in [0.2, 0.25) is 0 Å². The van der Waals surface area contributed by atoms with Crippen LogP contribution >= 0.6 is 18.9 Å². The van der Waals surface area contributed by atoms with Crippen LogP contribution in [0.4, 0.5) is 0 Å². The van der Waals surface area contributed by atoms with Gasteiger partial charge in [-0.05, 0) is 48.5 Å². The van der Waals surface area contributed by atoms with Crippen LogP contribution in [0, 0.1) is 0 Å². The van der Waals surface area contributed by atoms with Gasteiger partial charge in [0, 0.05) is 5.56 Å². The van der Waals surface area contributed by atoms with Gasteiger partial charge in [0.25, 0.3) is 0 Å². The molecule has 0 atom stereocenters. The smallest absolute Gasteiger partial charge is 0.120 e. The van der Waals surface area contributed by atoms with Crippen LogP contribution in [0.2, 0.25) is 5.02 Å². The minimum atomic E-state index is -1.95. The molecule has 0 fully saturated rings. The first-order chi connectivity index (χ1) is 14.2. The lowest BCUT2D eigenvalue weighted by Gasteiger charge is -2.28. The van der Waals surface area contributed by atoms with Crippen LogP contribution in [-0.4, -0.2) is 7.11 Å². The summed E-state index contributed by atoms with van der Waals surface area (Å²) in [5, 5.41) is 4.80. The van der Waals surface area contributed by atoms with Crippen molar-refractivity contribution in [2.45, 2.75) is 6.16 Å². The Morgan fingerprint density at radius 1 is 0.667 bits per heavy atom. The molecule has 0 amide bonds. The summed E-state index contributed by atoms with van der Waals surface area (Å²) in [4.78, 5) is 0. The standard InChI is InChI=1S/C26H23ClOP.BrH/c1-28-22-18-17-21(26(27)19-22)20-29(23-11-5-2-6-12-23,24-13-7-3-8-14-24)25-15-9-4-10-16-25;/h2-19H,20H2,1H3;1H/q+1;/p-1. The van der Waals surface area contributed by atoms with Crippen LogP contribution < -0.4 is 37.6 Å². The molecule has 0 bridgehead atoms. The Hall–Kier alpha value is -2.12. The zero-order chi connectivity index (χ0) is 20.1. The highest BCUT2D eigenvalue weighted by Crippen LogP contribution is 2.58. The summed E-state index contributed by atoms with van der Waals surface area (Å²) < 4.78 is 5.36. The molecule has 0 N–H and O–H groups in total. The van der Waals surface area contributed by atoms with Crippen LogP contribution in [0.15, 0.2) is 109 Å². The fourth-order valence-electron chi connectivity index (χ4n) is 3.81. The van der Waals surface area contributed by atoms with Gasteiger partial charge < -0.3 is 21.7 Å². The monoisotopic (exact) mass is 496 g/mol. The maximum atomic E-state index is 6.71. The van der Waals surface area contributed by atoms with Crippen molar-refractivity contribution in [3.63, 3.8) is 0 Å². The molecule has 152 valence electrons. The second-order valence-electron chi connectivity index (χ2n) is 6.93. The number of halogens is 2. The Morgan fingerprint density at radius 2 is 1.10 bits per heavy atom. The number of benzene rings is 4. The van der Waals surface area contributed by atoms with E-state index in [9.17, 15) is 0 Å². The Kier molecular flexibility index (Phi) is 7.72. The van der Waals surface area contributed by atoms with Gasteiger partial charge in [-0.2, -0.15) is 0 Å². The van der Waals surface area contributed by atoms with Crippen LogP contribution in [0.1, 0.15) is 5.56 Å². The normalized spacial score (nSPS) is 10.9. The number of rotatable bonds is 6. The topological polar surface area (TPSA) is 9.23 Å². The second-order valence-corrected chi connectivity index (χ2v) is 10.8. The quantitative estimate of drug-likeness (QED) is 0.372. The van der Waals surface area contributed by atoms with Crippen molar-refractivity contribution in [2.24, 2.45) is 0 Å². The molecule has 0 saturated heterocycles. The predicted molar refractivity (Wildman–Crippen MR) is 127 cm³/mol. The van der Waals surface area contributed by atoms with Gasteiger partial charge in [-0.25, -0.2) is 0 Å². The van der Waals surface area contributed by atoms with E-state index < -0.39 is 7.26 Å². The Morgan fingerprint density at radius 3 is 1.47 bits per heavy atom. The molecule has 4 aromatic rings. The molecule has 0 aromatic heterocycles. The van der Waals surface area contributed by atoms with E-state index >= 15 is 0 Å². The van der Waals surface area contributed by atoms with Crippen LogP contribution in [0.3, 0.4) is 0 Å². The second kappa shape index (κ2) is 10.3. The molecule has 0 aliphatic carbocycles. The molecule has 0 unspecified atom stereocenters. The summed E-state index contributed by atoms with van der Waals surface area (Å²) >= 11 is 6.71. The lowest BCUT2D eigenvalue weighted by Crippen LogP contribution is -3.00. The molecule has 0 heterocycles. The van der Waals surface area contributed by atoms with E-state index in [1.165, 1.54) is 15.9 Å². The molecule has 0 aliphatic heterocycles. The molecule has 0 radical (unpaired) electrons. The first kappa shape index (κ1) is 22.6. The zero-order valence-corrected chi connectivity index (χ0v) is 19.9. The molecular formula is C26H23BrClOP. The highest BCUT2D eigenvalue weighted by molar-refractivity contribution is 7.95. The zero-order valence-electron chi connectivity index (χ0n) is 16.7. The van der Waals surface area contributed by atoms with Gasteiger partial charge in [0.15, 0.2) is 0 Å². The molecule has 0 spiro atoms. The average molecular weight is 498 g/mol. The molecule has 4 aromatic carbocycles. The summed E-state index contributed by atoms with van der Waals surface area (Å²) in [5.74, 6) is 0.779. The molecule has 4 heteroatoms. The van der Waals surface area contributed by atoms with Gasteiger partial charge in [-0.1, -0.05) is 72.3 Å². The number of hydrogen-bond acceptors (Lipinski definition) is 1. The van der Waals surface area contributed by atoms with E-state index in [1.54, 1.807) is 7.11 Å². The first-order valence-corrected chi connectivity index (χ1v) is 12.0. The van der Waals surface area contributed by atoms with Crippen LogP contribution in [0.25, 0.3) is 0 Å². The molecule has 0 saturated carbocycles. The van der Waals surface area contributed by atoms with Crippen molar-refractivity contribution in [3.05, 3.63) is 120 Å². The van der Waals surface area contributed by atoms with Crippen molar-refractivity contribution in [2.75, 3.05) is 7.11 Å². The summed E-state index contributed by atoms with van der Waals surface area (Å²) in [7, 11) is -0.284. The highest BCUT2D eigenvalue weighted by atomic mass is 79.9. The van der Waals surface area contributed by atoms with Crippen molar-refractivity contribution < 1.29 is 21.7 Å². The largest absolute Gasteiger partial charge is 1.00 e. The lowest BCUT2D eigenvalue weighted by atomic mass is 10.2. The molecule has 4 rings (SSSR count). The van der Waals surface area contributed by atoms with E-state index in [1.807, 2.05) is 12.1 Å². The van der Waals surface area contributed by atoms with Crippen LogP contribution in [0.5, 0.6) is 5.75 Å². The van der Waals surface area contributed by atoms with Crippen molar-refractivity contribution >= 4 is 34.8 Å². The maximum absolute atomic E-state index is 6.71. The Balaban J connectivity index is 0.00000256. The SMILES string of the molecule is COc1ccc(C[P+](c2ccccc2)(c2ccccc2)c2ccccc2)c(Cl)c1.[Br-]. The van der Waals surface area contributed by atoms with Gasteiger partial charge in [-0.3, -0.25) is 0 Å². The third-order valence-electron chi connectivity index (χ3n) is 5.26. The predicted octanol–water partition coefficient (Wildman–Crippen LogP) is 2.85. The van der Waals surface area contributed by atoms with E-state index in [0.717, 1.165) is 22.5 Å². The van der Waals surface area contributed by atoms with Crippen LogP contribution in [-0.2, 0) is 6.16 Å². The van der Waals surface area contributed by atoms with Gasteiger partial charge in [0.05, 0.1) is 18.3 Å². The molecule has 30 heavy (non-hydrogen) atoms. The number of methoxy groups -OCH3 is 1. The third kappa shape index (κ3) is 4.47. The fraction of sp³-hybridized carbons (Fsp3) is 0.0769. The minimum absolute atomic E-state index is 0. The molecular weight excluding hydrogens is 475 g/mol. The first-order valence-electron chi connectivity index (χ1n) is 9.61. The van der Waals surface area contributed by atoms with E-state index in [-0.39, 0.29) is 17.0 Å². The van der Waals surface area contributed by atoms with Crippen molar-refractivity contribution in [1.82, 2.24) is 0 Å². The maximum Gasteiger partial charge on any atom is 0.120 e. The van der Waals surface area contributed by atoms with Crippen molar-refractivity contribution in [3.8, 4) is 5.75 Å². The summed E-state index contributed by atoms with van der Waals surface area (Å²) in [6.45, 7) is 0. The number of ether oxygens (including phenoxy) is 1. The van der Waals surface area contributed by atoms with Crippen molar-refractivity contribution in [1.29, 1.82) is 0 Å². The fourth-order valence-corrected chi connectivity index (χ4v) is 8.41. The van der Waals surface area contributed by atoms with E-state index in [2.05, 4.69) is 97.1 Å². The minimum Gasteiger partial charge on any atom is -1.00 e. The molecule has 0 aliphatic rings. The van der Waals surface area contributed by atoms with Gasteiger partial charge in [-0.15, -0.1) is 0 Å². The Labute approximate surface area is 194 Å². The van der Waals surface area contributed by atoms with E-state index in [0.29, 0.717) is 0 Å². The molecule has 1 nitrogen and oxygen atoms in total. The summed E-state index contributed by atoms with van der Waals surface area (Å²) in [5.41, 5.74) is 1.14. The number of hydrogen-bond donors (Lipinski definition) is 0. The van der Waals surface area contributed by atoms with Gasteiger partial charge in [0.1, 0.15) is 28.9 Å². The Bertz CT molecular complexity index is 975. The lowest BCUT2D eigenvalue weighted by molar-refractivity contribution is -0.00000587. The van der Waals surface area contributed by atoms with Gasteiger partial charge >= 0.3 is 0 Å².